The molecule has 0 saturated carbocycles. The van der Waals surface area contributed by atoms with E-state index in [0.29, 0.717) is 19.1 Å². The molecular formula is C20H40O4. The molecule has 0 spiro atoms. The molecule has 4 heteroatoms. The highest BCUT2D eigenvalue weighted by Crippen LogP contribution is 2.16. The van der Waals surface area contributed by atoms with Gasteiger partial charge in [0.1, 0.15) is 0 Å². The van der Waals surface area contributed by atoms with Gasteiger partial charge in [-0.15, -0.1) is 0 Å². The van der Waals surface area contributed by atoms with Crippen LogP contribution in [0, 0.1) is 0 Å². The molecular weight excluding hydrogens is 304 g/mol. The van der Waals surface area contributed by atoms with Crippen molar-refractivity contribution < 1.29 is 19.7 Å². The summed E-state index contributed by atoms with van der Waals surface area (Å²) in [6, 6.07) is 0. The molecule has 0 fully saturated rings. The summed E-state index contributed by atoms with van der Waals surface area (Å²) in [5.41, 5.74) is 0. The van der Waals surface area contributed by atoms with Gasteiger partial charge in [0.25, 0.3) is 0 Å². The maximum absolute atomic E-state index is 10.4. The maximum atomic E-state index is 10.4. The Labute approximate surface area is 149 Å². The molecule has 0 amide bonds. The summed E-state index contributed by atoms with van der Waals surface area (Å²) in [4.78, 5) is 10.4. The zero-order valence-corrected chi connectivity index (χ0v) is 15.8. The van der Waals surface area contributed by atoms with Crippen LogP contribution in [0.5, 0.6) is 0 Å². The first-order valence-corrected chi connectivity index (χ1v) is 10.1. The van der Waals surface area contributed by atoms with Crippen LogP contribution in [0.3, 0.4) is 0 Å². The molecule has 24 heavy (non-hydrogen) atoms. The zero-order valence-electron chi connectivity index (χ0n) is 15.8. The summed E-state index contributed by atoms with van der Waals surface area (Å²) >= 11 is 0. The molecule has 0 saturated heterocycles. The average Bonchev–Trinajstić information content (AvgIpc) is 2.57. The fraction of sp³-hybridized carbons (Fsp3) is 0.950. The molecule has 2 N–H and O–H groups in total. The van der Waals surface area contributed by atoms with Crippen molar-refractivity contribution in [3.63, 3.8) is 0 Å². The van der Waals surface area contributed by atoms with Crippen molar-refractivity contribution in [2.75, 3.05) is 13.2 Å². The Kier molecular flexibility index (Phi) is 18.2. The van der Waals surface area contributed by atoms with Crippen molar-refractivity contribution in [2.45, 2.75) is 109 Å². The second-order valence-corrected chi connectivity index (χ2v) is 6.83. The largest absolute Gasteiger partial charge is 0.481 e. The molecule has 0 aliphatic carbocycles. The average molecular weight is 345 g/mol. The van der Waals surface area contributed by atoms with Crippen LogP contribution < -0.4 is 0 Å². The maximum Gasteiger partial charge on any atom is 0.303 e. The van der Waals surface area contributed by atoms with Crippen molar-refractivity contribution in [1.29, 1.82) is 0 Å². The molecule has 0 radical (unpaired) electrons. The number of hydrogen-bond acceptors (Lipinski definition) is 3. The van der Waals surface area contributed by atoms with E-state index in [1.165, 1.54) is 57.8 Å². The lowest BCUT2D eigenvalue weighted by molar-refractivity contribution is -0.137. The number of hydrogen-bond donors (Lipinski definition) is 2. The number of aliphatic carboxylic acids is 1. The van der Waals surface area contributed by atoms with E-state index in [1.54, 1.807) is 0 Å². The van der Waals surface area contributed by atoms with Gasteiger partial charge in [-0.05, 0) is 19.3 Å². The van der Waals surface area contributed by atoms with Crippen LogP contribution in [0.15, 0.2) is 0 Å². The Bertz CT molecular complexity index is 268. The molecule has 0 aliphatic rings. The lowest BCUT2D eigenvalue weighted by Gasteiger charge is -2.17. The van der Waals surface area contributed by atoms with Gasteiger partial charge in [-0.2, -0.15) is 0 Å². The van der Waals surface area contributed by atoms with Gasteiger partial charge in [0, 0.05) is 6.42 Å². The number of carboxylic acids is 1. The first-order valence-electron chi connectivity index (χ1n) is 10.1. The summed E-state index contributed by atoms with van der Waals surface area (Å²) in [6.45, 7) is 2.81. The Morgan fingerprint density at radius 3 is 1.83 bits per heavy atom. The Hall–Kier alpha value is -0.610. The highest BCUT2D eigenvalue weighted by atomic mass is 16.5. The van der Waals surface area contributed by atoms with E-state index in [2.05, 4.69) is 6.92 Å². The lowest BCUT2D eigenvalue weighted by Crippen LogP contribution is -2.15. The number of aliphatic hydroxyl groups is 1. The number of carboxylic acid groups (broad SMARTS) is 1. The van der Waals surface area contributed by atoms with Gasteiger partial charge in [-0.25, -0.2) is 0 Å². The smallest absolute Gasteiger partial charge is 0.303 e. The second-order valence-electron chi connectivity index (χ2n) is 6.83. The molecule has 1 atom stereocenters. The quantitative estimate of drug-likeness (QED) is 0.311. The molecule has 0 aromatic heterocycles. The Morgan fingerprint density at radius 1 is 0.833 bits per heavy atom. The van der Waals surface area contributed by atoms with Crippen LogP contribution in [0.2, 0.25) is 0 Å². The van der Waals surface area contributed by atoms with Crippen molar-refractivity contribution in [3.8, 4) is 0 Å². The zero-order chi connectivity index (χ0) is 17.9. The predicted octanol–water partition coefficient (Wildman–Crippen LogP) is 5.32. The van der Waals surface area contributed by atoms with Crippen LogP contribution in [-0.2, 0) is 9.53 Å². The topological polar surface area (TPSA) is 66.8 Å². The SMILES string of the molecule is CCCCCCC(CCCCCCCCCCC(=O)O)OCCO. The fourth-order valence-corrected chi connectivity index (χ4v) is 3.04. The van der Waals surface area contributed by atoms with Crippen LogP contribution in [0.25, 0.3) is 0 Å². The van der Waals surface area contributed by atoms with E-state index in [-0.39, 0.29) is 6.61 Å². The van der Waals surface area contributed by atoms with Crippen LogP contribution in [0.1, 0.15) is 103 Å². The molecule has 4 nitrogen and oxygen atoms in total. The van der Waals surface area contributed by atoms with E-state index in [1.807, 2.05) is 0 Å². The number of aliphatic hydroxyl groups excluding tert-OH is 1. The minimum absolute atomic E-state index is 0.118. The summed E-state index contributed by atoms with van der Waals surface area (Å²) in [7, 11) is 0. The Morgan fingerprint density at radius 2 is 1.33 bits per heavy atom. The predicted molar refractivity (Wildman–Crippen MR) is 99.4 cm³/mol. The molecule has 0 aromatic rings. The minimum atomic E-state index is -0.678. The first-order chi connectivity index (χ1) is 11.7. The first kappa shape index (κ1) is 23.4. The van der Waals surface area contributed by atoms with E-state index in [0.717, 1.165) is 32.1 Å². The molecule has 0 aliphatic heterocycles. The minimum Gasteiger partial charge on any atom is -0.481 e. The second kappa shape index (κ2) is 18.7. The molecule has 0 bridgehead atoms. The van der Waals surface area contributed by atoms with Gasteiger partial charge in [0.15, 0.2) is 0 Å². The normalized spacial score (nSPS) is 12.4. The van der Waals surface area contributed by atoms with Gasteiger partial charge >= 0.3 is 5.97 Å². The third-order valence-electron chi connectivity index (χ3n) is 4.49. The van der Waals surface area contributed by atoms with E-state index in [9.17, 15) is 4.79 Å². The third-order valence-corrected chi connectivity index (χ3v) is 4.49. The number of rotatable bonds is 19. The number of carbonyl (C=O) groups is 1. The highest BCUT2D eigenvalue weighted by molar-refractivity contribution is 5.66. The fourth-order valence-electron chi connectivity index (χ4n) is 3.04. The molecule has 0 rings (SSSR count). The van der Waals surface area contributed by atoms with Crippen molar-refractivity contribution in [2.24, 2.45) is 0 Å². The monoisotopic (exact) mass is 344 g/mol. The van der Waals surface area contributed by atoms with Gasteiger partial charge in [-0.3, -0.25) is 4.79 Å². The highest BCUT2D eigenvalue weighted by Gasteiger charge is 2.08. The summed E-state index contributed by atoms with van der Waals surface area (Å²) < 4.78 is 5.76. The standard InChI is InChI=1S/C20H40O4/c1-2-3-4-11-14-19(24-18-17-21)15-12-9-7-5-6-8-10-13-16-20(22)23/h19,21H,2-18H2,1H3,(H,22,23). The summed E-state index contributed by atoms with van der Waals surface area (Å²) in [5.74, 6) is -0.678. The van der Waals surface area contributed by atoms with Crippen LogP contribution >= 0.6 is 0 Å². The van der Waals surface area contributed by atoms with Crippen molar-refractivity contribution in [1.82, 2.24) is 0 Å². The molecule has 1 unspecified atom stereocenters. The van der Waals surface area contributed by atoms with Gasteiger partial charge in [0.2, 0.25) is 0 Å². The molecule has 0 heterocycles. The van der Waals surface area contributed by atoms with Crippen molar-refractivity contribution >= 4 is 5.97 Å². The number of unbranched alkanes of at least 4 members (excludes halogenated alkanes) is 10. The van der Waals surface area contributed by atoms with E-state index >= 15 is 0 Å². The molecule has 144 valence electrons. The lowest BCUT2D eigenvalue weighted by atomic mass is 10.0. The van der Waals surface area contributed by atoms with Crippen molar-refractivity contribution in [3.05, 3.63) is 0 Å². The third kappa shape index (κ3) is 17.7. The van der Waals surface area contributed by atoms with Crippen LogP contribution in [0.4, 0.5) is 0 Å². The van der Waals surface area contributed by atoms with Crippen LogP contribution in [-0.4, -0.2) is 35.5 Å². The summed E-state index contributed by atoms with van der Waals surface area (Å²) in [6.07, 6.45) is 17.2. The van der Waals surface area contributed by atoms with Gasteiger partial charge in [-0.1, -0.05) is 77.6 Å². The van der Waals surface area contributed by atoms with E-state index in [4.69, 9.17) is 14.9 Å². The molecule has 0 aromatic carbocycles. The van der Waals surface area contributed by atoms with Gasteiger partial charge in [0.05, 0.1) is 19.3 Å². The number of ether oxygens (including phenoxy) is 1. The Balaban J connectivity index is 3.48. The van der Waals surface area contributed by atoms with E-state index < -0.39 is 5.97 Å². The van der Waals surface area contributed by atoms with Gasteiger partial charge < -0.3 is 14.9 Å². The summed E-state index contributed by atoms with van der Waals surface area (Å²) in [5, 5.41) is 17.5.